The Bertz CT molecular complexity index is 1150. The number of nitrogens with one attached hydrogen (secondary N) is 1. The van der Waals surface area contributed by atoms with Gasteiger partial charge in [-0.15, -0.1) is 0 Å². The molecule has 1 amide bonds. The summed E-state index contributed by atoms with van der Waals surface area (Å²) in [5.74, 6) is -1.15. The molecule has 0 aliphatic heterocycles. The molecule has 0 aliphatic carbocycles. The molecule has 0 spiro atoms. The van der Waals surface area contributed by atoms with Crippen LogP contribution in [-0.2, 0) is 9.47 Å². The standard InChI is InChI=1S/C26H30N4O6/c1-2-3-12-34-13-14-35-15-16-36-22-7-5-4-6-20(22)30-25(31)23-24(27)28-17-21(29-23)18-8-10-19(11-9-18)26(32)33/h4-11,17H,2-3,12-16H2,1H3,(H2,27,28)(H,30,31)(H,32,33). The van der Waals surface area contributed by atoms with Gasteiger partial charge in [-0.2, -0.15) is 0 Å². The fraction of sp³-hybridized carbons (Fsp3) is 0.308. The quantitative estimate of drug-likeness (QED) is 0.284. The molecule has 0 radical (unpaired) electrons. The van der Waals surface area contributed by atoms with E-state index in [1.165, 1.54) is 18.3 Å². The van der Waals surface area contributed by atoms with Crippen molar-refractivity contribution in [2.45, 2.75) is 19.8 Å². The molecule has 2 aromatic carbocycles. The van der Waals surface area contributed by atoms with E-state index in [0.717, 1.165) is 19.4 Å². The van der Waals surface area contributed by atoms with Gasteiger partial charge in [-0.1, -0.05) is 37.6 Å². The zero-order valence-corrected chi connectivity index (χ0v) is 20.1. The lowest BCUT2D eigenvalue weighted by molar-refractivity contribution is 0.0356. The Hall–Kier alpha value is -4.02. The van der Waals surface area contributed by atoms with E-state index >= 15 is 0 Å². The predicted octanol–water partition coefficient (Wildman–Crippen LogP) is 3.89. The number of unbranched alkanes of at least 4 members (excludes halogenated alkanes) is 1. The maximum Gasteiger partial charge on any atom is 0.335 e. The van der Waals surface area contributed by atoms with E-state index in [0.29, 0.717) is 49.1 Å². The molecular weight excluding hydrogens is 464 g/mol. The number of aromatic nitrogens is 2. The van der Waals surface area contributed by atoms with E-state index < -0.39 is 11.9 Å². The second kappa shape index (κ2) is 13.8. The fourth-order valence-corrected chi connectivity index (χ4v) is 3.14. The van der Waals surface area contributed by atoms with E-state index in [1.54, 1.807) is 36.4 Å². The summed E-state index contributed by atoms with van der Waals surface area (Å²) in [5, 5.41) is 11.8. The molecule has 0 aliphatic rings. The van der Waals surface area contributed by atoms with Gasteiger partial charge in [0.2, 0.25) is 0 Å². The molecule has 190 valence electrons. The summed E-state index contributed by atoms with van der Waals surface area (Å²) in [7, 11) is 0. The molecule has 0 saturated heterocycles. The highest BCUT2D eigenvalue weighted by Gasteiger charge is 2.17. The Balaban J connectivity index is 1.59. The van der Waals surface area contributed by atoms with Crippen molar-refractivity contribution in [1.82, 2.24) is 9.97 Å². The number of benzene rings is 2. The molecule has 0 bridgehead atoms. The summed E-state index contributed by atoms with van der Waals surface area (Å²) < 4.78 is 16.7. The number of nitrogen functional groups attached to an aromatic ring is 1. The number of carboxylic acid groups (broad SMARTS) is 1. The molecule has 0 unspecified atom stereocenters. The largest absolute Gasteiger partial charge is 0.489 e. The van der Waals surface area contributed by atoms with E-state index in [1.807, 2.05) is 0 Å². The Kier molecular flexibility index (Phi) is 10.2. The van der Waals surface area contributed by atoms with Crippen molar-refractivity contribution in [2.75, 3.05) is 44.1 Å². The summed E-state index contributed by atoms with van der Waals surface area (Å²) >= 11 is 0. The highest BCUT2D eigenvalue weighted by atomic mass is 16.5. The molecule has 10 nitrogen and oxygen atoms in total. The lowest BCUT2D eigenvalue weighted by Gasteiger charge is -2.13. The Morgan fingerprint density at radius 3 is 2.39 bits per heavy atom. The van der Waals surface area contributed by atoms with Gasteiger partial charge in [-0.25, -0.2) is 14.8 Å². The number of hydrogen-bond acceptors (Lipinski definition) is 8. The number of rotatable bonds is 14. The van der Waals surface area contributed by atoms with Crippen LogP contribution in [0.5, 0.6) is 5.75 Å². The van der Waals surface area contributed by atoms with Gasteiger partial charge in [0.05, 0.1) is 43.0 Å². The zero-order chi connectivity index (χ0) is 25.8. The number of nitrogens with two attached hydrogens (primary N) is 1. The fourth-order valence-electron chi connectivity index (χ4n) is 3.14. The third kappa shape index (κ3) is 7.76. The van der Waals surface area contributed by atoms with Crippen LogP contribution in [0, 0.1) is 0 Å². The van der Waals surface area contributed by atoms with E-state index in [2.05, 4.69) is 22.2 Å². The number of ether oxygens (including phenoxy) is 3. The van der Waals surface area contributed by atoms with Crippen LogP contribution < -0.4 is 15.8 Å². The van der Waals surface area contributed by atoms with Gasteiger partial charge in [0.15, 0.2) is 11.5 Å². The molecule has 4 N–H and O–H groups in total. The lowest BCUT2D eigenvalue weighted by atomic mass is 10.1. The molecule has 0 atom stereocenters. The van der Waals surface area contributed by atoms with Gasteiger partial charge in [0.25, 0.3) is 5.91 Å². The summed E-state index contributed by atoms with van der Waals surface area (Å²) in [6.45, 7) is 4.54. The van der Waals surface area contributed by atoms with Crippen LogP contribution in [0.15, 0.2) is 54.7 Å². The van der Waals surface area contributed by atoms with Gasteiger partial charge >= 0.3 is 5.97 Å². The van der Waals surface area contributed by atoms with Gasteiger partial charge < -0.3 is 30.4 Å². The van der Waals surface area contributed by atoms with Crippen LogP contribution >= 0.6 is 0 Å². The van der Waals surface area contributed by atoms with Gasteiger partial charge in [0, 0.05) is 12.2 Å². The van der Waals surface area contributed by atoms with E-state index in [9.17, 15) is 9.59 Å². The number of nitrogens with zero attached hydrogens (tertiary/aromatic N) is 2. The monoisotopic (exact) mass is 494 g/mol. The highest BCUT2D eigenvalue weighted by Crippen LogP contribution is 2.25. The average Bonchev–Trinajstić information content (AvgIpc) is 2.89. The van der Waals surface area contributed by atoms with Crippen LogP contribution in [-0.4, -0.2) is 60.0 Å². The Morgan fingerprint density at radius 2 is 1.67 bits per heavy atom. The maximum atomic E-state index is 13.0. The van der Waals surface area contributed by atoms with Crippen molar-refractivity contribution in [1.29, 1.82) is 0 Å². The van der Waals surface area contributed by atoms with Crippen LogP contribution in [0.2, 0.25) is 0 Å². The van der Waals surface area contributed by atoms with Crippen LogP contribution in [0.1, 0.15) is 40.6 Å². The smallest absolute Gasteiger partial charge is 0.335 e. The van der Waals surface area contributed by atoms with Crippen molar-refractivity contribution < 1.29 is 28.9 Å². The van der Waals surface area contributed by atoms with Crippen molar-refractivity contribution in [3.63, 3.8) is 0 Å². The second-order valence-electron chi connectivity index (χ2n) is 7.75. The predicted molar refractivity (Wildman–Crippen MR) is 135 cm³/mol. The van der Waals surface area contributed by atoms with E-state index in [-0.39, 0.29) is 17.1 Å². The minimum atomic E-state index is -1.03. The maximum absolute atomic E-state index is 13.0. The van der Waals surface area contributed by atoms with Crippen LogP contribution in [0.25, 0.3) is 11.3 Å². The van der Waals surface area contributed by atoms with Gasteiger partial charge in [-0.05, 0) is 30.7 Å². The normalized spacial score (nSPS) is 10.7. The lowest BCUT2D eigenvalue weighted by Crippen LogP contribution is -2.18. The van der Waals surface area contributed by atoms with Crippen molar-refractivity contribution >= 4 is 23.4 Å². The second-order valence-corrected chi connectivity index (χ2v) is 7.75. The number of carboxylic acids is 1. The Morgan fingerprint density at radius 1 is 0.972 bits per heavy atom. The average molecular weight is 495 g/mol. The Labute approximate surface area is 209 Å². The molecular formula is C26H30N4O6. The van der Waals surface area contributed by atoms with Crippen LogP contribution in [0.3, 0.4) is 0 Å². The molecule has 0 fully saturated rings. The van der Waals surface area contributed by atoms with E-state index in [4.69, 9.17) is 25.1 Å². The van der Waals surface area contributed by atoms with Crippen molar-refractivity contribution in [3.8, 4) is 17.0 Å². The molecule has 10 heteroatoms. The number of para-hydroxylation sites is 2. The molecule has 36 heavy (non-hydrogen) atoms. The number of carbonyl (C=O) groups is 2. The third-order valence-electron chi connectivity index (χ3n) is 5.08. The van der Waals surface area contributed by atoms with Crippen molar-refractivity contribution in [3.05, 3.63) is 66.0 Å². The molecule has 1 heterocycles. The summed E-state index contributed by atoms with van der Waals surface area (Å²) in [5.41, 5.74) is 7.43. The van der Waals surface area contributed by atoms with Crippen LogP contribution in [0.4, 0.5) is 11.5 Å². The van der Waals surface area contributed by atoms with Crippen molar-refractivity contribution in [2.24, 2.45) is 0 Å². The minimum absolute atomic E-state index is 0.0358. The molecule has 3 rings (SSSR count). The first-order valence-corrected chi connectivity index (χ1v) is 11.6. The minimum Gasteiger partial charge on any atom is -0.489 e. The number of amides is 1. The number of aromatic carboxylic acids is 1. The molecule has 3 aromatic rings. The highest BCUT2D eigenvalue weighted by molar-refractivity contribution is 6.06. The summed E-state index contributed by atoms with van der Waals surface area (Å²) in [6.07, 6.45) is 3.55. The SMILES string of the molecule is CCCCOCCOCCOc1ccccc1NC(=O)c1nc(-c2ccc(C(=O)O)cc2)cnc1N. The zero-order valence-electron chi connectivity index (χ0n) is 20.1. The van der Waals surface area contributed by atoms with Gasteiger partial charge in [0.1, 0.15) is 12.4 Å². The van der Waals surface area contributed by atoms with Gasteiger partial charge in [-0.3, -0.25) is 4.79 Å². The first-order valence-electron chi connectivity index (χ1n) is 11.6. The topological polar surface area (TPSA) is 146 Å². The molecule has 1 aromatic heterocycles. The summed E-state index contributed by atoms with van der Waals surface area (Å²) in [4.78, 5) is 32.5. The molecule has 0 saturated carbocycles. The first-order chi connectivity index (χ1) is 17.5. The number of carbonyl (C=O) groups excluding carboxylic acids is 1. The third-order valence-corrected chi connectivity index (χ3v) is 5.08. The number of hydrogen-bond donors (Lipinski definition) is 3. The number of anilines is 2. The summed E-state index contributed by atoms with van der Waals surface area (Å²) in [6, 6.07) is 13.1. The first kappa shape index (κ1) is 26.6.